The van der Waals surface area contributed by atoms with E-state index < -0.39 is 0 Å². The summed E-state index contributed by atoms with van der Waals surface area (Å²) in [6, 6.07) is 67.5. The van der Waals surface area contributed by atoms with Crippen LogP contribution in [0.15, 0.2) is 199 Å². The molecular weight excluding hydrogens is 685 g/mol. The van der Waals surface area contributed by atoms with Crippen LogP contribution in [0.3, 0.4) is 0 Å². The van der Waals surface area contributed by atoms with Gasteiger partial charge in [0.1, 0.15) is 11.2 Å². The summed E-state index contributed by atoms with van der Waals surface area (Å²) in [5.41, 5.74) is 12.6. The van der Waals surface area contributed by atoms with Crippen molar-refractivity contribution in [3.8, 4) is 62.1 Å². The molecular formula is C51H32N4O. The third-order valence-corrected chi connectivity index (χ3v) is 10.7. The van der Waals surface area contributed by atoms with Crippen LogP contribution >= 0.6 is 0 Å². The zero-order chi connectivity index (χ0) is 37.0. The molecule has 0 N–H and O–H groups in total. The quantitative estimate of drug-likeness (QED) is 0.172. The molecule has 0 aliphatic heterocycles. The number of para-hydroxylation sites is 3. The van der Waals surface area contributed by atoms with Gasteiger partial charge in [-0.05, 0) is 82.9 Å². The van der Waals surface area contributed by atoms with Crippen molar-refractivity contribution in [2.24, 2.45) is 0 Å². The summed E-state index contributed by atoms with van der Waals surface area (Å²) in [5, 5.41) is 4.58. The fourth-order valence-electron chi connectivity index (χ4n) is 7.91. The first-order chi connectivity index (χ1) is 27.7. The van der Waals surface area contributed by atoms with Crippen LogP contribution in [0.5, 0.6) is 0 Å². The first-order valence-corrected chi connectivity index (χ1v) is 18.8. The van der Waals surface area contributed by atoms with Crippen LogP contribution < -0.4 is 0 Å². The third kappa shape index (κ3) is 5.45. The molecule has 0 radical (unpaired) electrons. The SMILES string of the molecule is c1ccc(-c2nc(-c3ccc(-c4cccc(-c5ccc6oc7ccccc7c6c5)c4)cc3)nc(-c3ccc4c(c3)c3ccccc3n4-c3ccccc3)n2)cc1. The summed E-state index contributed by atoms with van der Waals surface area (Å²) in [5.74, 6) is 1.89. The predicted octanol–water partition coefficient (Wildman–Crippen LogP) is 13.2. The van der Waals surface area contributed by atoms with Gasteiger partial charge in [-0.3, -0.25) is 0 Å². The molecule has 0 aliphatic rings. The van der Waals surface area contributed by atoms with Crippen LogP contribution in [0.4, 0.5) is 0 Å². The van der Waals surface area contributed by atoms with E-state index in [0.717, 1.165) is 83.0 Å². The fourth-order valence-corrected chi connectivity index (χ4v) is 7.91. The minimum atomic E-state index is 0.626. The van der Waals surface area contributed by atoms with Crippen molar-refractivity contribution in [3.63, 3.8) is 0 Å². The largest absolute Gasteiger partial charge is 0.456 e. The first-order valence-electron chi connectivity index (χ1n) is 18.8. The van der Waals surface area contributed by atoms with Gasteiger partial charge in [0.2, 0.25) is 0 Å². The number of furan rings is 1. The van der Waals surface area contributed by atoms with Crippen molar-refractivity contribution >= 4 is 43.7 Å². The van der Waals surface area contributed by atoms with E-state index in [4.69, 9.17) is 19.4 Å². The van der Waals surface area contributed by atoms with Crippen LogP contribution in [-0.4, -0.2) is 19.5 Å². The van der Waals surface area contributed by atoms with Gasteiger partial charge in [-0.15, -0.1) is 0 Å². The van der Waals surface area contributed by atoms with E-state index in [1.165, 1.54) is 5.39 Å². The molecule has 8 aromatic carbocycles. The molecule has 262 valence electrons. The van der Waals surface area contributed by atoms with Crippen LogP contribution in [0.2, 0.25) is 0 Å². The topological polar surface area (TPSA) is 56.7 Å². The normalized spacial score (nSPS) is 11.6. The number of hydrogen-bond acceptors (Lipinski definition) is 4. The van der Waals surface area contributed by atoms with Crippen LogP contribution in [-0.2, 0) is 0 Å². The van der Waals surface area contributed by atoms with Crippen molar-refractivity contribution in [1.82, 2.24) is 19.5 Å². The highest BCUT2D eigenvalue weighted by Crippen LogP contribution is 2.37. The van der Waals surface area contributed by atoms with Gasteiger partial charge in [-0.1, -0.05) is 133 Å². The highest BCUT2D eigenvalue weighted by Gasteiger charge is 2.17. The molecule has 3 aromatic heterocycles. The Labute approximate surface area is 322 Å². The lowest BCUT2D eigenvalue weighted by atomic mass is 9.97. The van der Waals surface area contributed by atoms with Gasteiger partial charge in [-0.2, -0.15) is 0 Å². The minimum absolute atomic E-state index is 0.626. The zero-order valence-corrected chi connectivity index (χ0v) is 30.2. The molecule has 3 heterocycles. The van der Waals surface area contributed by atoms with Gasteiger partial charge in [0, 0.05) is 43.9 Å². The van der Waals surface area contributed by atoms with Gasteiger partial charge in [0.25, 0.3) is 0 Å². The van der Waals surface area contributed by atoms with Gasteiger partial charge < -0.3 is 8.98 Å². The maximum Gasteiger partial charge on any atom is 0.164 e. The maximum atomic E-state index is 6.08. The molecule has 0 unspecified atom stereocenters. The molecule has 56 heavy (non-hydrogen) atoms. The van der Waals surface area contributed by atoms with Crippen molar-refractivity contribution in [2.75, 3.05) is 0 Å². The van der Waals surface area contributed by atoms with E-state index in [2.05, 4.69) is 156 Å². The lowest BCUT2D eigenvalue weighted by Crippen LogP contribution is -2.00. The molecule has 0 saturated heterocycles. The van der Waals surface area contributed by atoms with Crippen molar-refractivity contribution < 1.29 is 4.42 Å². The zero-order valence-electron chi connectivity index (χ0n) is 30.2. The molecule has 0 atom stereocenters. The Balaban J connectivity index is 0.980. The molecule has 0 saturated carbocycles. The second kappa shape index (κ2) is 13.0. The van der Waals surface area contributed by atoms with Gasteiger partial charge in [0.05, 0.1) is 11.0 Å². The molecule has 0 fully saturated rings. The number of hydrogen-bond donors (Lipinski definition) is 0. The van der Waals surface area contributed by atoms with Crippen molar-refractivity contribution in [2.45, 2.75) is 0 Å². The Hall–Kier alpha value is -7.63. The monoisotopic (exact) mass is 716 g/mol. The van der Waals surface area contributed by atoms with E-state index in [9.17, 15) is 0 Å². The van der Waals surface area contributed by atoms with Crippen molar-refractivity contribution in [3.05, 3.63) is 194 Å². The maximum absolute atomic E-state index is 6.08. The Morgan fingerprint density at radius 1 is 0.304 bits per heavy atom. The van der Waals surface area contributed by atoms with Gasteiger partial charge >= 0.3 is 0 Å². The summed E-state index contributed by atoms with van der Waals surface area (Å²) < 4.78 is 8.40. The smallest absolute Gasteiger partial charge is 0.164 e. The number of aromatic nitrogens is 4. The molecule has 0 spiro atoms. The highest BCUT2D eigenvalue weighted by atomic mass is 16.3. The predicted molar refractivity (Wildman–Crippen MR) is 229 cm³/mol. The summed E-state index contributed by atoms with van der Waals surface area (Å²) >= 11 is 0. The number of benzene rings is 8. The summed E-state index contributed by atoms with van der Waals surface area (Å²) in [6.07, 6.45) is 0. The second-order valence-corrected chi connectivity index (χ2v) is 14.1. The van der Waals surface area contributed by atoms with E-state index >= 15 is 0 Å². The van der Waals surface area contributed by atoms with Gasteiger partial charge in [-0.25, -0.2) is 15.0 Å². The van der Waals surface area contributed by atoms with Crippen LogP contribution in [0, 0.1) is 0 Å². The first kappa shape index (κ1) is 31.9. The average molecular weight is 717 g/mol. The number of rotatable bonds is 6. The minimum Gasteiger partial charge on any atom is -0.456 e. The molecule has 0 amide bonds. The molecule has 0 aliphatic carbocycles. The Morgan fingerprint density at radius 3 is 1.59 bits per heavy atom. The van der Waals surface area contributed by atoms with E-state index in [1.807, 2.05) is 42.5 Å². The summed E-state index contributed by atoms with van der Waals surface area (Å²) in [6.45, 7) is 0. The number of nitrogens with zero attached hydrogens (tertiary/aromatic N) is 4. The standard InChI is InChI=1S/C51H32N4O/c1-3-12-34(13-4-1)49-52-50(54-51(53-49)39-26-28-46-43(32-39)41-18-7-9-20-45(41)55(46)40-16-5-2-6-17-40)35-24-22-33(23-25-35)36-14-11-15-37(30-36)38-27-29-48-44(31-38)42-19-8-10-21-47(42)56-48/h1-32H. The van der Waals surface area contributed by atoms with Crippen LogP contribution in [0.25, 0.3) is 106 Å². The molecule has 11 aromatic rings. The lowest BCUT2D eigenvalue weighted by Gasteiger charge is -2.10. The summed E-state index contributed by atoms with van der Waals surface area (Å²) in [4.78, 5) is 15.2. The van der Waals surface area contributed by atoms with E-state index in [-0.39, 0.29) is 0 Å². The molecule has 0 bridgehead atoms. The van der Waals surface area contributed by atoms with Gasteiger partial charge in [0.15, 0.2) is 17.5 Å². The second-order valence-electron chi connectivity index (χ2n) is 14.1. The third-order valence-electron chi connectivity index (χ3n) is 10.7. The van der Waals surface area contributed by atoms with Crippen LogP contribution in [0.1, 0.15) is 0 Å². The molecule has 5 heteroatoms. The fraction of sp³-hybridized carbons (Fsp3) is 0. The Kier molecular flexibility index (Phi) is 7.42. The Bertz CT molecular complexity index is 3240. The summed E-state index contributed by atoms with van der Waals surface area (Å²) in [7, 11) is 0. The highest BCUT2D eigenvalue weighted by molar-refractivity contribution is 6.10. The number of fused-ring (bicyclic) bond motifs is 6. The molecule has 5 nitrogen and oxygen atoms in total. The van der Waals surface area contributed by atoms with E-state index in [1.54, 1.807) is 0 Å². The molecule has 11 rings (SSSR count). The Morgan fingerprint density at radius 2 is 0.804 bits per heavy atom. The van der Waals surface area contributed by atoms with E-state index in [0.29, 0.717) is 17.5 Å². The van der Waals surface area contributed by atoms with Crippen molar-refractivity contribution in [1.29, 1.82) is 0 Å². The average Bonchev–Trinajstić information content (AvgIpc) is 3.82. The lowest BCUT2D eigenvalue weighted by molar-refractivity contribution is 0.669.